The Labute approximate surface area is 74.5 Å². The Balaban J connectivity index is 2.99. The van der Waals surface area contributed by atoms with E-state index in [4.69, 9.17) is 17.0 Å². The number of rotatable bonds is 1. The van der Waals surface area contributed by atoms with Gasteiger partial charge in [0.2, 0.25) is 11.2 Å². The van der Waals surface area contributed by atoms with Crippen LogP contribution in [0.3, 0.4) is 0 Å². The molecule has 1 aromatic carbocycles. The lowest BCUT2D eigenvalue weighted by atomic mass is 10.2. The third-order valence-corrected chi connectivity index (χ3v) is 1.57. The molecule has 0 spiro atoms. The highest BCUT2D eigenvalue weighted by atomic mass is 35.5. The predicted molar refractivity (Wildman–Crippen MR) is 47.1 cm³/mol. The van der Waals surface area contributed by atoms with Crippen molar-refractivity contribution in [3.63, 3.8) is 0 Å². The first-order valence-corrected chi connectivity index (χ1v) is 3.61. The summed E-state index contributed by atoms with van der Waals surface area (Å²) < 4.78 is 0. The third-order valence-electron chi connectivity index (χ3n) is 1.32. The van der Waals surface area contributed by atoms with Crippen LogP contribution in [0, 0.1) is 5.39 Å². The molecule has 0 unspecified atom stereocenters. The van der Waals surface area contributed by atoms with Gasteiger partial charge in [0.25, 0.3) is 0 Å². The molecule has 0 amide bonds. The van der Waals surface area contributed by atoms with Crippen LogP contribution in [0.4, 0.5) is 0 Å². The van der Waals surface area contributed by atoms with Crippen LogP contribution < -0.4 is 0 Å². The average Bonchev–Trinajstić information content (AvgIpc) is 2.06. The second-order valence-corrected chi connectivity index (χ2v) is 2.57. The molecule has 4 heteroatoms. The van der Waals surface area contributed by atoms with Crippen molar-refractivity contribution in [3.8, 4) is 0 Å². The van der Waals surface area contributed by atoms with Gasteiger partial charge in [-0.15, -0.1) is 0 Å². The molecule has 12 heavy (non-hydrogen) atoms. The lowest BCUT2D eigenvalue weighted by Crippen LogP contribution is -1.79. The topological polar surface area (TPSA) is 48.4 Å². The Morgan fingerprint density at radius 2 is 2.00 bits per heavy atom. The summed E-state index contributed by atoms with van der Waals surface area (Å²) >= 11 is 5.62. The summed E-state index contributed by atoms with van der Waals surface area (Å²) in [6.45, 7) is 0. The van der Waals surface area contributed by atoms with Crippen molar-refractivity contribution in [2.24, 2.45) is 0 Å². The minimum Gasteiger partial charge on any atom is -0.501 e. The van der Waals surface area contributed by atoms with Crippen molar-refractivity contribution in [1.29, 1.82) is 5.39 Å². The SMILES string of the molecule is N#[N+]C=C(O)c1ccc(Cl)cc1. The van der Waals surface area contributed by atoms with Crippen LogP contribution in [0.25, 0.3) is 10.7 Å². The van der Waals surface area contributed by atoms with Crippen molar-refractivity contribution in [2.75, 3.05) is 0 Å². The van der Waals surface area contributed by atoms with E-state index in [1.165, 1.54) is 0 Å². The molecular formula is C8H6ClN2O+. The minimum absolute atomic E-state index is 0.103. The molecule has 0 aliphatic carbocycles. The first kappa shape index (κ1) is 8.57. The van der Waals surface area contributed by atoms with Crippen molar-refractivity contribution >= 4 is 17.4 Å². The van der Waals surface area contributed by atoms with E-state index in [9.17, 15) is 5.11 Å². The van der Waals surface area contributed by atoms with Crippen LogP contribution in [-0.2, 0) is 0 Å². The highest BCUT2D eigenvalue weighted by molar-refractivity contribution is 6.30. The first-order valence-electron chi connectivity index (χ1n) is 3.23. The fraction of sp³-hybridized carbons (Fsp3) is 0. The van der Waals surface area contributed by atoms with Crippen LogP contribution in [-0.4, -0.2) is 5.11 Å². The van der Waals surface area contributed by atoms with Crippen LogP contribution in [0.1, 0.15) is 5.56 Å². The molecule has 0 fully saturated rings. The molecular weight excluding hydrogens is 176 g/mol. The lowest BCUT2D eigenvalue weighted by molar-refractivity contribution is 0.511. The third kappa shape index (κ3) is 1.97. The molecule has 60 valence electrons. The van der Waals surface area contributed by atoms with E-state index in [0.29, 0.717) is 10.6 Å². The van der Waals surface area contributed by atoms with Gasteiger partial charge in [-0.1, -0.05) is 11.6 Å². The van der Waals surface area contributed by atoms with E-state index >= 15 is 0 Å². The molecule has 0 aliphatic rings. The Morgan fingerprint density at radius 1 is 1.42 bits per heavy atom. The van der Waals surface area contributed by atoms with Crippen molar-refractivity contribution in [1.82, 2.24) is 0 Å². The van der Waals surface area contributed by atoms with Crippen LogP contribution in [0.15, 0.2) is 30.5 Å². The summed E-state index contributed by atoms with van der Waals surface area (Å²) in [4.78, 5) is 2.69. The Kier molecular flexibility index (Phi) is 2.67. The van der Waals surface area contributed by atoms with E-state index in [1.54, 1.807) is 24.3 Å². The maximum atomic E-state index is 9.18. The van der Waals surface area contributed by atoms with Gasteiger partial charge in [-0.25, -0.2) is 0 Å². The summed E-state index contributed by atoms with van der Waals surface area (Å²) in [6, 6.07) is 6.52. The number of diazo groups is 1. The van der Waals surface area contributed by atoms with Gasteiger partial charge in [-0.2, -0.15) is 0 Å². The van der Waals surface area contributed by atoms with Gasteiger partial charge in [0.1, 0.15) is 0 Å². The molecule has 3 nitrogen and oxygen atoms in total. The summed E-state index contributed by atoms with van der Waals surface area (Å²) in [5.74, 6) is -0.103. The van der Waals surface area contributed by atoms with E-state index in [1.807, 2.05) is 0 Å². The second-order valence-electron chi connectivity index (χ2n) is 2.14. The molecule has 1 aromatic rings. The average molecular weight is 182 g/mol. The van der Waals surface area contributed by atoms with Crippen molar-refractivity contribution in [2.45, 2.75) is 0 Å². The van der Waals surface area contributed by atoms with Crippen molar-refractivity contribution < 1.29 is 5.11 Å². The minimum atomic E-state index is -0.103. The van der Waals surface area contributed by atoms with Crippen molar-refractivity contribution in [3.05, 3.63) is 46.0 Å². The Morgan fingerprint density at radius 3 is 2.50 bits per heavy atom. The molecule has 0 atom stereocenters. The van der Waals surface area contributed by atoms with Gasteiger partial charge in [0.15, 0.2) is 4.98 Å². The molecule has 0 saturated carbocycles. The number of hydrogen-bond acceptors (Lipinski definition) is 2. The zero-order chi connectivity index (χ0) is 8.97. The lowest BCUT2D eigenvalue weighted by Gasteiger charge is -1.94. The molecule has 0 bridgehead atoms. The summed E-state index contributed by atoms with van der Waals surface area (Å²) in [5.41, 5.74) is 0.553. The van der Waals surface area contributed by atoms with E-state index in [-0.39, 0.29) is 5.76 Å². The molecule has 0 aromatic heterocycles. The highest BCUT2D eigenvalue weighted by Crippen LogP contribution is 2.15. The molecule has 0 radical (unpaired) electrons. The summed E-state index contributed by atoms with van der Waals surface area (Å²) in [6.07, 6.45) is 0.948. The number of halogens is 1. The standard InChI is InChI=1S/C8H5ClN2O/c9-7-3-1-6(2-4-7)8(12)5-11-10/h1-5H/p+1. The number of hydrogen-bond donors (Lipinski definition) is 1. The number of aliphatic hydroxyl groups is 1. The number of nitrogens with zero attached hydrogens (tertiary/aromatic N) is 2. The molecule has 0 saturated heterocycles. The second kappa shape index (κ2) is 3.74. The van der Waals surface area contributed by atoms with Gasteiger partial charge in [0.05, 0.1) is 0 Å². The quantitative estimate of drug-likeness (QED) is 0.535. The van der Waals surface area contributed by atoms with Gasteiger partial charge in [-0.3, -0.25) is 0 Å². The van der Waals surface area contributed by atoms with Gasteiger partial charge < -0.3 is 5.11 Å². The van der Waals surface area contributed by atoms with Crippen LogP contribution >= 0.6 is 11.6 Å². The molecule has 0 aliphatic heterocycles. The maximum Gasteiger partial charge on any atom is 0.392 e. The monoisotopic (exact) mass is 181 g/mol. The Bertz CT molecular complexity index is 337. The largest absolute Gasteiger partial charge is 0.501 e. The fourth-order valence-corrected chi connectivity index (χ4v) is 0.876. The van der Waals surface area contributed by atoms with Gasteiger partial charge >= 0.3 is 6.20 Å². The zero-order valence-electron chi connectivity index (χ0n) is 6.11. The van der Waals surface area contributed by atoms with E-state index in [2.05, 4.69) is 4.98 Å². The zero-order valence-corrected chi connectivity index (χ0v) is 6.86. The number of benzene rings is 1. The van der Waals surface area contributed by atoms with Crippen LogP contribution in [0.5, 0.6) is 0 Å². The fourth-order valence-electron chi connectivity index (χ4n) is 0.750. The predicted octanol–water partition coefficient (Wildman–Crippen LogP) is 3.05. The van der Waals surface area contributed by atoms with E-state index < -0.39 is 0 Å². The summed E-state index contributed by atoms with van der Waals surface area (Å²) in [7, 11) is 0. The molecule has 1 rings (SSSR count). The van der Waals surface area contributed by atoms with E-state index in [0.717, 1.165) is 6.20 Å². The van der Waals surface area contributed by atoms with Crippen LogP contribution in [0.2, 0.25) is 5.02 Å². The maximum absolute atomic E-state index is 9.18. The Hall–Kier alpha value is -1.53. The summed E-state index contributed by atoms with van der Waals surface area (Å²) in [5, 5.41) is 17.9. The molecule has 1 N–H and O–H groups in total. The van der Waals surface area contributed by atoms with Gasteiger partial charge in [-0.05, 0) is 24.3 Å². The molecule has 0 heterocycles. The first-order chi connectivity index (χ1) is 5.74. The van der Waals surface area contributed by atoms with Gasteiger partial charge in [0, 0.05) is 10.6 Å². The highest BCUT2D eigenvalue weighted by Gasteiger charge is 2.02. The normalized spacial score (nSPS) is 10.8. The number of aliphatic hydroxyl groups excluding tert-OH is 1. The smallest absolute Gasteiger partial charge is 0.392 e.